The molecule has 70 heavy (non-hydrogen) atoms. The van der Waals surface area contributed by atoms with E-state index < -0.39 is 34.9 Å². The molecule has 0 amide bonds. The van der Waals surface area contributed by atoms with Crippen LogP contribution < -0.4 is 11.6 Å². The largest absolute Gasteiger partial charge is 0.411 e. The number of carbonyl (C=O) groups excluding carboxylic acids is 1. The number of nitrogens with zero attached hydrogens (tertiary/aromatic N) is 13. The molecule has 0 aliphatic heterocycles. The third-order valence-electron chi connectivity index (χ3n) is 11.3. The van der Waals surface area contributed by atoms with Gasteiger partial charge in [0, 0.05) is 77.8 Å². The van der Waals surface area contributed by atoms with Crippen LogP contribution in [0.4, 0.5) is 26.3 Å². The van der Waals surface area contributed by atoms with Gasteiger partial charge in [0.1, 0.15) is 28.9 Å². The van der Waals surface area contributed by atoms with Crippen LogP contribution in [0.15, 0.2) is 78.3 Å². The van der Waals surface area contributed by atoms with Crippen LogP contribution in [-0.2, 0) is 6.54 Å². The molecular formula is C45H38ClF6N15O3. The van der Waals surface area contributed by atoms with Gasteiger partial charge in [0.2, 0.25) is 0 Å². The summed E-state index contributed by atoms with van der Waals surface area (Å²) in [4.78, 5) is 24.1. The van der Waals surface area contributed by atoms with Crippen LogP contribution in [-0.4, -0.2) is 82.2 Å². The van der Waals surface area contributed by atoms with Crippen molar-refractivity contribution in [2.24, 2.45) is 16.8 Å². The van der Waals surface area contributed by atoms with Crippen molar-refractivity contribution < 1.29 is 41.6 Å². The number of rotatable bonds is 9. The van der Waals surface area contributed by atoms with Crippen molar-refractivity contribution in [2.45, 2.75) is 63.2 Å². The molecule has 3 aromatic carbocycles. The van der Waals surface area contributed by atoms with Gasteiger partial charge in [-0.25, -0.2) is 47.2 Å². The fraction of sp³-hybridized carbons (Fsp3) is 0.222. The highest BCUT2D eigenvalue weighted by atomic mass is 35.5. The third kappa shape index (κ3) is 9.87. The minimum absolute atomic E-state index is 0. The number of fused-ring (bicyclic) bond motifs is 3. The van der Waals surface area contributed by atoms with Crippen molar-refractivity contribution in [3.63, 3.8) is 0 Å². The van der Waals surface area contributed by atoms with Gasteiger partial charge in [0.25, 0.3) is 0 Å². The number of aldehydes is 1. The van der Waals surface area contributed by atoms with Crippen molar-refractivity contribution in [1.82, 2.24) is 59.2 Å². The molecule has 0 atom stereocenters. The highest BCUT2D eigenvalue weighted by molar-refractivity contribution is 5.86. The lowest BCUT2D eigenvalue weighted by Gasteiger charge is -2.08. The lowest BCUT2D eigenvalue weighted by atomic mass is 10.2. The van der Waals surface area contributed by atoms with Gasteiger partial charge in [0.15, 0.2) is 41.2 Å². The first-order chi connectivity index (χ1) is 33.5. The maximum Gasteiger partial charge on any atom is 0.170 e. The molecular weight excluding hydrogens is 948 g/mol. The predicted molar refractivity (Wildman–Crippen MR) is 243 cm³/mol. The van der Waals surface area contributed by atoms with Gasteiger partial charge in [-0.1, -0.05) is 5.16 Å². The van der Waals surface area contributed by atoms with Crippen LogP contribution in [0, 0.1) is 34.9 Å². The van der Waals surface area contributed by atoms with Crippen LogP contribution >= 0.6 is 12.4 Å². The van der Waals surface area contributed by atoms with Gasteiger partial charge in [-0.2, -0.15) is 20.4 Å². The molecule has 0 unspecified atom stereocenters. The molecule has 3 saturated carbocycles. The van der Waals surface area contributed by atoms with Gasteiger partial charge in [-0.3, -0.25) is 4.79 Å². The second kappa shape index (κ2) is 20.4. The van der Waals surface area contributed by atoms with E-state index in [4.69, 9.17) is 16.1 Å². The number of oxime groups is 1. The SMILES string of the molecule is Cl.NCc1cc(-c2nc3cc(F)c(F)cc3n2C2CC2)cnn1.NO.O/N=C/c1cc(-c2nc3cc(F)c(F)cc3n2C2CC2)cnn1.O=Cc1cc(-c2nc3cc(F)c(F)cc3n2C2CC2)cnn1. The number of carbonyl (C=O) groups is 1. The van der Waals surface area contributed by atoms with Crippen LogP contribution in [0.3, 0.4) is 0 Å². The zero-order chi connectivity index (χ0) is 48.5. The van der Waals surface area contributed by atoms with Gasteiger partial charge in [-0.05, 0) is 56.7 Å². The molecule has 12 rings (SSSR count). The zero-order valence-electron chi connectivity index (χ0n) is 36.2. The summed E-state index contributed by atoms with van der Waals surface area (Å²) in [6.07, 6.45) is 12.2. The Labute approximate surface area is 397 Å². The molecule has 360 valence electrons. The fourth-order valence-corrected chi connectivity index (χ4v) is 7.81. The summed E-state index contributed by atoms with van der Waals surface area (Å²) in [5, 5.41) is 41.0. The fourth-order valence-electron chi connectivity index (χ4n) is 7.81. The second-order valence-corrected chi connectivity index (χ2v) is 16.1. The van der Waals surface area contributed by atoms with E-state index in [2.05, 4.69) is 56.6 Å². The highest BCUT2D eigenvalue weighted by Crippen LogP contribution is 2.44. The van der Waals surface area contributed by atoms with E-state index in [0.717, 1.165) is 74.6 Å². The number of imidazole rings is 3. The first-order valence-corrected chi connectivity index (χ1v) is 21.2. The Morgan fingerprint density at radius 2 is 0.886 bits per heavy atom. The molecule has 0 spiro atoms. The van der Waals surface area contributed by atoms with Crippen LogP contribution in [0.5, 0.6) is 0 Å². The quantitative estimate of drug-likeness (QED) is 0.0350. The molecule has 6 aromatic heterocycles. The number of nitrogens with two attached hydrogens (primary N) is 2. The zero-order valence-corrected chi connectivity index (χ0v) is 37.0. The summed E-state index contributed by atoms with van der Waals surface area (Å²) < 4.78 is 86.9. The van der Waals surface area contributed by atoms with E-state index in [0.29, 0.717) is 79.4 Å². The Kier molecular flexibility index (Phi) is 14.2. The summed E-state index contributed by atoms with van der Waals surface area (Å²) in [6.45, 7) is 0.272. The minimum Gasteiger partial charge on any atom is -0.411 e. The van der Waals surface area contributed by atoms with Gasteiger partial charge in [0.05, 0.1) is 63.6 Å². The van der Waals surface area contributed by atoms with Gasteiger partial charge >= 0.3 is 0 Å². The third-order valence-corrected chi connectivity index (χ3v) is 11.3. The molecule has 25 heteroatoms. The lowest BCUT2D eigenvalue weighted by Crippen LogP contribution is -2.03. The Morgan fingerprint density at radius 3 is 1.24 bits per heavy atom. The number of benzene rings is 3. The number of hydrogen-bond acceptors (Lipinski definition) is 15. The standard InChI is InChI=1S/C15H11F2N5O.C15H13F2N5.C15H10F2N4O.ClH.H3NO/c16-11-4-13-14(5-12(11)17)22(10-1-2-10)15(20-13)8-3-9(7-19-23)21-18-6-8;16-11-4-13-14(5-12(11)17)22(10-1-2-10)15(20-13)8-3-9(6-18)21-19-7-8;16-11-4-13-14(5-12(11)17)21(10-1-2-10)15(19-13)8-3-9(7-22)20-18-6-8;;1-2/h3-7,10,23H,1-2H2;3-5,7,10H,1-2,6,18H2;3-7,10H,1-2H2;1H;2H,1H2/b19-7+;;;;. The molecule has 3 fully saturated rings. The Bertz CT molecular complexity index is 3430. The van der Waals surface area contributed by atoms with E-state index in [1.807, 2.05) is 13.7 Å². The summed E-state index contributed by atoms with van der Waals surface area (Å²) in [5.41, 5.74) is 11.7. The normalized spacial score (nSPS) is 14.1. The monoisotopic (exact) mass is 985 g/mol. The summed E-state index contributed by atoms with van der Waals surface area (Å²) in [6, 6.07) is 12.6. The Morgan fingerprint density at radius 1 is 0.543 bits per heavy atom. The summed E-state index contributed by atoms with van der Waals surface area (Å²) >= 11 is 0. The van der Waals surface area contributed by atoms with E-state index in [1.54, 1.807) is 24.4 Å². The van der Waals surface area contributed by atoms with Gasteiger partial charge in [-0.15, -0.1) is 22.6 Å². The summed E-state index contributed by atoms with van der Waals surface area (Å²) in [5.74, 6) is -0.158. The van der Waals surface area contributed by atoms with Crippen molar-refractivity contribution in [1.29, 1.82) is 0 Å². The van der Waals surface area contributed by atoms with Crippen LogP contribution in [0.25, 0.3) is 67.3 Å². The molecule has 3 aliphatic carbocycles. The molecule has 0 radical (unpaired) electrons. The second-order valence-electron chi connectivity index (χ2n) is 16.1. The number of hydrogen-bond donors (Lipinski definition) is 4. The maximum atomic E-state index is 13.6. The smallest absolute Gasteiger partial charge is 0.170 e. The van der Waals surface area contributed by atoms with E-state index in [1.165, 1.54) is 24.5 Å². The molecule has 6 heterocycles. The summed E-state index contributed by atoms with van der Waals surface area (Å²) in [7, 11) is 0. The number of aromatic nitrogens is 12. The molecule has 3 aliphatic rings. The topological polar surface area (TPSA) is 253 Å². The van der Waals surface area contributed by atoms with Gasteiger partial charge < -0.3 is 29.8 Å². The van der Waals surface area contributed by atoms with E-state index >= 15 is 0 Å². The first-order valence-electron chi connectivity index (χ1n) is 21.2. The minimum atomic E-state index is -0.930. The molecule has 6 N–H and O–H groups in total. The maximum absolute atomic E-state index is 13.6. The first kappa shape index (κ1) is 48.6. The Hall–Kier alpha value is -7.80. The molecule has 0 bridgehead atoms. The van der Waals surface area contributed by atoms with Crippen LogP contribution in [0.2, 0.25) is 0 Å². The van der Waals surface area contributed by atoms with Crippen molar-refractivity contribution in [2.75, 3.05) is 0 Å². The number of halogens is 7. The average Bonchev–Trinajstić information content (AvgIpc) is 4.30. The average molecular weight is 986 g/mol. The van der Waals surface area contributed by atoms with E-state index in [-0.39, 0.29) is 42.8 Å². The molecule has 9 aromatic rings. The molecule has 18 nitrogen and oxygen atoms in total. The van der Waals surface area contributed by atoms with Crippen molar-refractivity contribution in [3.8, 4) is 34.2 Å². The lowest BCUT2D eigenvalue weighted by molar-refractivity contribution is 0.111. The van der Waals surface area contributed by atoms with Crippen LogP contribution in [0.1, 0.15) is 78.5 Å². The Balaban J connectivity index is 0.000000138. The highest BCUT2D eigenvalue weighted by Gasteiger charge is 2.32. The van der Waals surface area contributed by atoms with Crippen molar-refractivity contribution >= 4 is 58.0 Å². The van der Waals surface area contributed by atoms with Crippen molar-refractivity contribution in [3.05, 3.63) is 125 Å². The predicted octanol–water partition coefficient (Wildman–Crippen LogP) is 8.15. The molecule has 0 saturated heterocycles. The van der Waals surface area contributed by atoms with E-state index in [9.17, 15) is 31.1 Å².